The van der Waals surface area contributed by atoms with E-state index < -0.39 is 6.03 Å². The Kier molecular flexibility index (Phi) is 4.79. The Balaban J connectivity index is 1.75. The maximum Gasteiger partial charge on any atom is 0.332 e. The second-order valence-electron chi connectivity index (χ2n) is 5.66. The molecule has 6 nitrogen and oxygen atoms in total. The van der Waals surface area contributed by atoms with Crippen molar-refractivity contribution in [1.82, 2.24) is 4.90 Å². The van der Waals surface area contributed by atoms with Crippen LogP contribution in [0.15, 0.2) is 60.7 Å². The Morgan fingerprint density at radius 1 is 1.00 bits per heavy atom. The maximum atomic E-state index is 12.6. The molecule has 0 bridgehead atoms. The van der Waals surface area contributed by atoms with Crippen molar-refractivity contribution in [2.45, 2.75) is 6.92 Å². The fraction of sp³-hybridized carbons (Fsp3) is 0.211. The number of hydrogen-bond donors (Lipinski definition) is 0. The minimum Gasteiger partial charge on any atom is -0.311 e. The van der Waals surface area contributed by atoms with Gasteiger partial charge in [-0.3, -0.25) is 19.4 Å². The van der Waals surface area contributed by atoms with E-state index in [9.17, 15) is 14.4 Å². The molecule has 0 aromatic heterocycles. The molecule has 1 aliphatic rings. The molecule has 0 aliphatic carbocycles. The molecule has 1 fully saturated rings. The molecule has 6 heteroatoms. The highest BCUT2D eigenvalue weighted by Gasteiger charge is 2.38. The zero-order valence-corrected chi connectivity index (χ0v) is 14.0. The predicted molar refractivity (Wildman–Crippen MR) is 95.4 cm³/mol. The summed E-state index contributed by atoms with van der Waals surface area (Å²) in [6.45, 7) is 2.01. The number of hydrogen-bond acceptors (Lipinski definition) is 3. The first kappa shape index (κ1) is 16.7. The van der Waals surface area contributed by atoms with E-state index in [1.807, 2.05) is 43.3 Å². The number of amides is 4. The van der Waals surface area contributed by atoms with Crippen LogP contribution in [-0.2, 0) is 9.59 Å². The van der Waals surface area contributed by atoms with Gasteiger partial charge in [-0.05, 0) is 31.2 Å². The van der Waals surface area contributed by atoms with E-state index in [0.717, 1.165) is 10.6 Å². The second-order valence-corrected chi connectivity index (χ2v) is 5.66. The number of carbonyl (C=O) groups excluding carboxylic acids is 3. The van der Waals surface area contributed by atoms with Crippen molar-refractivity contribution in [3.05, 3.63) is 60.7 Å². The Bertz CT molecular complexity index is 777. The fourth-order valence-corrected chi connectivity index (χ4v) is 2.84. The van der Waals surface area contributed by atoms with Gasteiger partial charge in [-0.2, -0.15) is 0 Å². The summed E-state index contributed by atoms with van der Waals surface area (Å²) in [5, 5.41) is 0. The molecule has 3 rings (SSSR count). The molecule has 0 spiro atoms. The van der Waals surface area contributed by atoms with Crippen LogP contribution in [-0.4, -0.2) is 42.4 Å². The molecule has 0 atom stereocenters. The summed E-state index contributed by atoms with van der Waals surface area (Å²) in [5.74, 6) is -0.656. The van der Waals surface area contributed by atoms with E-state index in [1.165, 1.54) is 4.90 Å². The van der Waals surface area contributed by atoms with Crippen LogP contribution in [0.4, 0.5) is 16.2 Å². The molecule has 1 heterocycles. The Labute approximate surface area is 146 Å². The quantitative estimate of drug-likeness (QED) is 0.788. The van der Waals surface area contributed by atoms with Crippen LogP contribution in [0.2, 0.25) is 0 Å². The lowest BCUT2D eigenvalue weighted by Crippen LogP contribution is -2.43. The molecule has 1 saturated heterocycles. The molecule has 128 valence electrons. The molecule has 2 aromatic rings. The van der Waals surface area contributed by atoms with Gasteiger partial charge in [0.1, 0.15) is 13.1 Å². The first-order chi connectivity index (χ1) is 12.1. The van der Waals surface area contributed by atoms with Crippen LogP contribution in [0, 0.1) is 0 Å². The van der Waals surface area contributed by atoms with E-state index in [1.54, 1.807) is 29.2 Å². The number of urea groups is 1. The minimum atomic E-state index is -0.464. The molecule has 1 aliphatic heterocycles. The van der Waals surface area contributed by atoms with Crippen molar-refractivity contribution < 1.29 is 14.4 Å². The molecular weight excluding hydrogens is 318 g/mol. The maximum absolute atomic E-state index is 12.6. The van der Waals surface area contributed by atoms with E-state index in [4.69, 9.17) is 0 Å². The normalized spacial score (nSPS) is 14.1. The van der Waals surface area contributed by atoms with Crippen molar-refractivity contribution in [2.75, 3.05) is 29.4 Å². The van der Waals surface area contributed by atoms with Gasteiger partial charge in [-0.1, -0.05) is 36.4 Å². The minimum absolute atomic E-state index is 0.0480. The summed E-state index contributed by atoms with van der Waals surface area (Å²) in [6, 6.07) is 17.7. The van der Waals surface area contributed by atoms with Gasteiger partial charge in [0.2, 0.25) is 5.91 Å². The monoisotopic (exact) mass is 337 g/mol. The summed E-state index contributed by atoms with van der Waals surface area (Å²) < 4.78 is 0. The standard InChI is InChI=1S/C19H19N3O3/c1-2-20(15-9-5-3-6-10-15)17(23)14-22-18(24)13-21(19(22)25)16-11-7-4-8-12-16/h3-12H,2,13-14H2,1H3. The van der Waals surface area contributed by atoms with Crippen LogP contribution in [0.1, 0.15) is 6.92 Å². The van der Waals surface area contributed by atoms with Gasteiger partial charge in [0.05, 0.1) is 0 Å². The summed E-state index contributed by atoms with van der Waals surface area (Å²) in [5.41, 5.74) is 1.39. The van der Waals surface area contributed by atoms with Crippen LogP contribution in [0.5, 0.6) is 0 Å². The number of carbonyl (C=O) groups is 3. The van der Waals surface area contributed by atoms with E-state index in [-0.39, 0.29) is 24.9 Å². The topological polar surface area (TPSA) is 60.9 Å². The molecule has 25 heavy (non-hydrogen) atoms. The third-order valence-electron chi connectivity index (χ3n) is 4.10. The molecule has 0 saturated carbocycles. The summed E-state index contributed by atoms with van der Waals surface area (Å²) in [7, 11) is 0. The third-order valence-corrected chi connectivity index (χ3v) is 4.10. The number of nitrogens with zero attached hydrogens (tertiary/aromatic N) is 3. The molecule has 0 radical (unpaired) electrons. The lowest BCUT2D eigenvalue weighted by atomic mass is 10.3. The fourth-order valence-electron chi connectivity index (χ4n) is 2.84. The van der Waals surface area contributed by atoms with Crippen LogP contribution >= 0.6 is 0 Å². The highest BCUT2D eigenvalue weighted by Crippen LogP contribution is 2.21. The van der Waals surface area contributed by atoms with Crippen molar-refractivity contribution in [1.29, 1.82) is 0 Å². The average Bonchev–Trinajstić information content (AvgIpc) is 2.92. The van der Waals surface area contributed by atoms with Gasteiger partial charge < -0.3 is 4.90 Å². The highest BCUT2D eigenvalue weighted by molar-refractivity contribution is 6.14. The zero-order chi connectivity index (χ0) is 17.8. The number of rotatable bonds is 5. The SMILES string of the molecule is CCN(C(=O)CN1C(=O)CN(c2ccccc2)C1=O)c1ccccc1. The average molecular weight is 337 g/mol. The van der Waals surface area contributed by atoms with E-state index in [2.05, 4.69) is 0 Å². The van der Waals surface area contributed by atoms with E-state index in [0.29, 0.717) is 12.2 Å². The van der Waals surface area contributed by atoms with Crippen LogP contribution < -0.4 is 9.80 Å². The van der Waals surface area contributed by atoms with Crippen molar-refractivity contribution >= 4 is 29.2 Å². The Morgan fingerprint density at radius 2 is 1.60 bits per heavy atom. The summed E-state index contributed by atoms with van der Waals surface area (Å²) in [6.07, 6.45) is 0. The molecular formula is C19H19N3O3. The lowest BCUT2D eigenvalue weighted by Gasteiger charge is -2.23. The van der Waals surface area contributed by atoms with Crippen LogP contribution in [0.25, 0.3) is 0 Å². The second kappa shape index (κ2) is 7.17. The molecule has 0 unspecified atom stereocenters. The number of benzene rings is 2. The number of likely N-dealkylation sites (N-methyl/N-ethyl adjacent to an activating group) is 1. The predicted octanol–water partition coefficient (Wildman–Crippen LogP) is 2.51. The van der Waals surface area contributed by atoms with Gasteiger partial charge >= 0.3 is 6.03 Å². The highest BCUT2D eigenvalue weighted by atomic mass is 16.2. The van der Waals surface area contributed by atoms with Gasteiger partial charge in [-0.15, -0.1) is 0 Å². The Morgan fingerprint density at radius 3 is 2.20 bits per heavy atom. The number of anilines is 2. The first-order valence-corrected chi connectivity index (χ1v) is 8.14. The van der Waals surface area contributed by atoms with Gasteiger partial charge in [0.25, 0.3) is 5.91 Å². The van der Waals surface area contributed by atoms with Crippen molar-refractivity contribution in [3.8, 4) is 0 Å². The largest absolute Gasteiger partial charge is 0.332 e. The Hall–Kier alpha value is -3.15. The number of para-hydroxylation sites is 2. The van der Waals surface area contributed by atoms with Crippen LogP contribution in [0.3, 0.4) is 0 Å². The molecule has 0 N–H and O–H groups in total. The first-order valence-electron chi connectivity index (χ1n) is 8.14. The van der Waals surface area contributed by atoms with Crippen molar-refractivity contribution in [3.63, 3.8) is 0 Å². The number of imide groups is 1. The van der Waals surface area contributed by atoms with Crippen molar-refractivity contribution in [2.24, 2.45) is 0 Å². The third kappa shape index (κ3) is 3.38. The molecule has 4 amide bonds. The van der Waals surface area contributed by atoms with Gasteiger partial charge in [-0.25, -0.2) is 4.79 Å². The summed E-state index contributed by atoms with van der Waals surface area (Å²) in [4.78, 5) is 41.4. The lowest BCUT2D eigenvalue weighted by molar-refractivity contribution is -0.129. The smallest absolute Gasteiger partial charge is 0.311 e. The molecule has 2 aromatic carbocycles. The zero-order valence-electron chi connectivity index (χ0n) is 14.0. The van der Waals surface area contributed by atoms with Gasteiger partial charge in [0, 0.05) is 17.9 Å². The summed E-state index contributed by atoms with van der Waals surface area (Å²) >= 11 is 0. The van der Waals surface area contributed by atoms with E-state index >= 15 is 0 Å². The van der Waals surface area contributed by atoms with Gasteiger partial charge in [0.15, 0.2) is 0 Å².